The van der Waals surface area contributed by atoms with Crippen LogP contribution in [-0.4, -0.2) is 52.9 Å². The number of carbonyl (C=O) groups is 3. The number of anilines is 1. The third kappa shape index (κ3) is 4.42. The summed E-state index contributed by atoms with van der Waals surface area (Å²) in [6.45, 7) is 2.68. The van der Waals surface area contributed by atoms with Gasteiger partial charge in [-0.3, -0.25) is 14.5 Å². The van der Waals surface area contributed by atoms with Gasteiger partial charge in [0.2, 0.25) is 5.91 Å². The van der Waals surface area contributed by atoms with Crippen molar-refractivity contribution in [2.45, 2.75) is 44.6 Å². The molecule has 0 unspecified atom stereocenters. The lowest BCUT2D eigenvalue weighted by Crippen LogP contribution is -2.47. The van der Waals surface area contributed by atoms with Crippen molar-refractivity contribution in [2.75, 3.05) is 25.1 Å². The smallest absolute Gasteiger partial charge is 0.324 e. The van der Waals surface area contributed by atoms with Gasteiger partial charge in [0.15, 0.2) is 0 Å². The van der Waals surface area contributed by atoms with Crippen LogP contribution >= 0.6 is 23.2 Å². The van der Waals surface area contributed by atoms with Crippen LogP contribution in [0.15, 0.2) is 18.2 Å². The van der Waals surface area contributed by atoms with Crippen LogP contribution in [0, 0.1) is 0 Å². The van der Waals surface area contributed by atoms with Gasteiger partial charge in [0.1, 0.15) is 5.54 Å². The molecule has 0 atom stereocenters. The first-order chi connectivity index (χ1) is 13.3. The Morgan fingerprint density at radius 3 is 2.64 bits per heavy atom. The second-order valence-corrected chi connectivity index (χ2v) is 8.16. The second-order valence-electron chi connectivity index (χ2n) is 7.32. The SMILES string of the molecule is CCCN(CC(=O)Nc1ccc(Cl)cc1Cl)CN1C(=O)NC2(CCCC2)C1=O. The lowest BCUT2D eigenvalue weighted by atomic mass is 9.98. The number of carbonyl (C=O) groups excluding carboxylic acids is 3. The molecule has 0 radical (unpaired) electrons. The number of hydrogen-bond acceptors (Lipinski definition) is 4. The first kappa shape index (κ1) is 20.9. The van der Waals surface area contributed by atoms with Crippen LogP contribution in [0.4, 0.5) is 10.5 Å². The Hall–Kier alpha value is -1.83. The molecule has 3 rings (SSSR count). The van der Waals surface area contributed by atoms with E-state index in [2.05, 4.69) is 10.6 Å². The number of imide groups is 1. The molecule has 1 saturated carbocycles. The van der Waals surface area contributed by atoms with Gasteiger partial charge in [0, 0.05) is 11.6 Å². The lowest BCUT2D eigenvalue weighted by Gasteiger charge is -2.26. The van der Waals surface area contributed by atoms with Crippen LogP contribution in [0.1, 0.15) is 39.0 Å². The maximum atomic E-state index is 12.8. The van der Waals surface area contributed by atoms with E-state index in [1.807, 2.05) is 6.92 Å². The molecule has 1 aliphatic heterocycles. The molecule has 1 aromatic carbocycles. The molecule has 1 saturated heterocycles. The third-order valence-corrected chi connectivity index (χ3v) is 5.70. The minimum atomic E-state index is -0.742. The van der Waals surface area contributed by atoms with Gasteiger partial charge in [0.05, 0.1) is 23.9 Å². The minimum Gasteiger partial charge on any atom is -0.324 e. The summed E-state index contributed by atoms with van der Waals surface area (Å²) >= 11 is 12.0. The molecule has 4 amide bonds. The summed E-state index contributed by atoms with van der Waals surface area (Å²) in [6, 6.07) is 4.44. The Balaban J connectivity index is 1.64. The van der Waals surface area contributed by atoms with Gasteiger partial charge in [-0.1, -0.05) is 43.0 Å². The Kier molecular flexibility index (Phi) is 6.47. The summed E-state index contributed by atoms with van der Waals surface area (Å²) in [7, 11) is 0. The molecule has 1 aromatic rings. The van der Waals surface area contributed by atoms with Crippen LogP contribution in [0.25, 0.3) is 0 Å². The lowest BCUT2D eigenvalue weighted by molar-refractivity contribution is -0.133. The molecule has 152 valence electrons. The molecule has 0 aromatic heterocycles. The van der Waals surface area contributed by atoms with E-state index >= 15 is 0 Å². The van der Waals surface area contributed by atoms with Gasteiger partial charge >= 0.3 is 6.03 Å². The summed E-state index contributed by atoms with van der Waals surface area (Å²) in [5, 5.41) is 6.44. The van der Waals surface area contributed by atoms with Gasteiger partial charge in [-0.05, 0) is 37.5 Å². The summed E-state index contributed by atoms with van der Waals surface area (Å²) < 4.78 is 0. The fraction of sp³-hybridized carbons (Fsp3) is 0.526. The van der Waals surface area contributed by atoms with Crippen LogP contribution in [0.2, 0.25) is 10.0 Å². The number of nitrogens with zero attached hydrogens (tertiary/aromatic N) is 2. The summed E-state index contributed by atoms with van der Waals surface area (Å²) in [5.41, 5.74) is -0.277. The van der Waals surface area contributed by atoms with Crippen molar-refractivity contribution < 1.29 is 14.4 Å². The predicted molar refractivity (Wildman–Crippen MR) is 108 cm³/mol. The maximum absolute atomic E-state index is 12.8. The quantitative estimate of drug-likeness (QED) is 0.653. The van der Waals surface area contributed by atoms with E-state index in [1.165, 1.54) is 4.90 Å². The maximum Gasteiger partial charge on any atom is 0.326 e. The van der Waals surface area contributed by atoms with E-state index in [0.29, 0.717) is 35.1 Å². The van der Waals surface area contributed by atoms with Crippen molar-refractivity contribution in [3.8, 4) is 0 Å². The highest BCUT2D eigenvalue weighted by Gasteiger charge is 2.52. The number of benzene rings is 1. The first-order valence-electron chi connectivity index (χ1n) is 9.46. The molecular weight excluding hydrogens is 403 g/mol. The number of hydrogen-bond donors (Lipinski definition) is 2. The third-order valence-electron chi connectivity index (χ3n) is 5.16. The summed E-state index contributed by atoms with van der Waals surface area (Å²) in [5.74, 6) is -0.461. The average Bonchev–Trinajstić information content (AvgIpc) is 3.18. The Morgan fingerprint density at radius 1 is 1.29 bits per heavy atom. The number of nitrogens with one attached hydrogen (secondary N) is 2. The number of rotatable bonds is 7. The van der Waals surface area contributed by atoms with Crippen molar-refractivity contribution in [1.29, 1.82) is 0 Å². The molecule has 2 fully saturated rings. The van der Waals surface area contributed by atoms with Crippen LogP contribution in [0.3, 0.4) is 0 Å². The fourth-order valence-corrected chi connectivity index (χ4v) is 4.28. The van der Waals surface area contributed by atoms with Gasteiger partial charge in [-0.25, -0.2) is 9.69 Å². The van der Waals surface area contributed by atoms with Crippen molar-refractivity contribution in [1.82, 2.24) is 15.1 Å². The Bertz CT molecular complexity index is 780. The summed E-state index contributed by atoms with van der Waals surface area (Å²) in [6.07, 6.45) is 4.00. The Labute approximate surface area is 174 Å². The van der Waals surface area contributed by atoms with Crippen molar-refractivity contribution in [2.24, 2.45) is 0 Å². The van der Waals surface area contributed by atoms with E-state index in [-0.39, 0.29) is 31.1 Å². The van der Waals surface area contributed by atoms with Gasteiger partial charge in [-0.15, -0.1) is 0 Å². The molecule has 28 heavy (non-hydrogen) atoms. The van der Waals surface area contributed by atoms with Crippen LogP contribution < -0.4 is 10.6 Å². The highest BCUT2D eigenvalue weighted by atomic mass is 35.5. The van der Waals surface area contributed by atoms with Crippen molar-refractivity contribution in [3.63, 3.8) is 0 Å². The van der Waals surface area contributed by atoms with E-state index < -0.39 is 5.54 Å². The largest absolute Gasteiger partial charge is 0.326 e. The Morgan fingerprint density at radius 2 is 2.00 bits per heavy atom. The number of amides is 4. The fourth-order valence-electron chi connectivity index (χ4n) is 3.82. The standard InChI is InChI=1S/C19H24Cl2N4O3/c1-2-9-24(11-16(26)22-15-6-5-13(20)10-14(15)21)12-25-17(27)19(23-18(25)28)7-3-4-8-19/h5-6,10H,2-4,7-9,11-12H2,1H3,(H,22,26)(H,23,28). The topological polar surface area (TPSA) is 81.8 Å². The highest BCUT2D eigenvalue weighted by molar-refractivity contribution is 6.36. The van der Waals surface area contributed by atoms with E-state index in [4.69, 9.17) is 23.2 Å². The molecule has 2 aliphatic rings. The molecule has 0 bridgehead atoms. The molecule has 2 N–H and O–H groups in total. The van der Waals surface area contributed by atoms with Crippen LogP contribution in [-0.2, 0) is 9.59 Å². The minimum absolute atomic E-state index is 0.0385. The molecule has 1 spiro atoms. The van der Waals surface area contributed by atoms with Gasteiger partial charge < -0.3 is 10.6 Å². The van der Waals surface area contributed by atoms with E-state index in [0.717, 1.165) is 19.3 Å². The number of halogens is 2. The first-order valence-corrected chi connectivity index (χ1v) is 10.2. The van der Waals surface area contributed by atoms with Crippen LogP contribution in [0.5, 0.6) is 0 Å². The molecular formula is C19H24Cl2N4O3. The predicted octanol–water partition coefficient (Wildman–Crippen LogP) is 3.47. The van der Waals surface area contributed by atoms with Gasteiger partial charge in [-0.2, -0.15) is 0 Å². The highest BCUT2D eigenvalue weighted by Crippen LogP contribution is 2.35. The zero-order valence-corrected chi connectivity index (χ0v) is 17.3. The number of urea groups is 1. The second kappa shape index (κ2) is 8.68. The zero-order chi connectivity index (χ0) is 20.3. The molecule has 9 heteroatoms. The molecule has 1 heterocycles. The van der Waals surface area contributed by atoms with Crippen molar-refractivity contribution in [3.05, 3.63) is 28.2 Å². The van der Waals surface area contributed by atoms with Crippen molar-refractivity contribution >= 4 is 46.7 Å². The summed E-state index contributed by atoms with van der Waals surface area (Å²) in [4.78, 5) is 40.7. The molecule has 7 nitrogen and oxygen atoms in total. The van der Waals surface area contributed by atoms with E-state index in [9.17, 15) is 14.4 Å². The average molecular weight is 427 g/mol. The normalized spacial score (nSPS) is 18.2. The zero-order valence-electron chi connectivity index (χ0n) is 15.8. The molecule has 1 aliphatic carbocycles. The van der Waals surface area contributed by atoms with Gasteiger partial charge in [0.25, 0.3) is 5.91 Å². The van der Waals surface area contributed by atoms with E-state index in [1.54, 1.807) is 23.1 Å². The monoisotopic (exact) mass is 426 g/mol.